The Morgan fingerprint density at radius 1 is 1.44 bits per heavy atom. The third kappa shape index (κ3) is 3.91. The van der Waals surface area contributed by atoms with Crippen molar-refractivity contribution in [2.45, 2.75) is 38.5 Å². The molecule has 0 bridgehead atoms. The molecule has 3 nitrogen and oxygen atoms in total. The molecular weight excluding hydrogens is 252 g/mol. The molecule has 0 saturated heterocycles. The van der Waals surface area contributed by atoms with Crippen LogP contribution in [0.3, 0.4) is 0 Å². The second-order valence-electron chi connectivity index (χ2n) is 4.98. The third-order valence-corrected chi connectivity index (χ3v) is 3.33. The molecule has 0 saturated carbocycles. The molecule has 1 N–H and O–H groups in total. The average molecular weight is 271 g/mol. The summed E-state index contributed by atoms with van der Waals surface area (Å²) < 4.78 is 4.60. The SMILES string of the molecule is COC(=O)CCCC(C)(C)c1cc(Cl)ccc1O. The van der Waals surface area contributed by atoms with Crippen molar-refractivity contribution in [1.29, 1.82) is 0 Å². The highest BCUT2D eigenvalue weighted by molar-refractivity contribution is 6.30. The van der Waals surface area contributed by atoms with Crippen LogP contribution < -0.4 is 0 Å². The van der Waals surface area contributed by atoms with E-state index in [9.17, 15) is 9.90 Å². The lowest BCUT2D eigenvalue weighted by Crippen LogP contribution is -2.18. The molecule has 1 aromatic carbocycles. The highest BCUT2D eigenvalue weighted by atomic mass is 35.5. The van der Waals surface area contributed by atoms with Crippen molar-refractivity contribution in [3.05, 3.63) is 28.8 Å². The van der Waals surface area contributed by atoms with Crippen molar-refractivity contribution >= 4 is 17.6 Å². The van der Waals surface area contributed by atoms with Crippen molar-refractivity contribution < 1.29 is 14.6 Å². The highest BCUT2D eigenvalue weighted by Gasteiger charge is 2.24. The molecule has 4 heteroatoms. The van der Waals surface area contributed by atoms with Crippen molar-refractivity contribution in [3.8, 4) is 5.75 Å². The summed E-state index contributed by atoms with van der Waals surface area (Å²) in [4.78, 5) is 11.1. The smallest absolute Gasteiger partial charge is 0.305 e. The Morgan fingerprint density at radius 3 is 2.72 bits per heavy atom. The van der Waals surface area contributed by atoms with Crippen LogP contribution in [0.15, 0.2) is 18.2 Å². The van der Waals surface area contributed by atoms with E-state index in [4.69, 9.17) is 11.6 Å². The number of halogens is 1. The summed E-state index contributed by atoms with van der Waals surface area (Å²) in [6.07, 6.45) is 1.88. The number of phenolic OH excluding ortho intramolecular Hbond substituents is 1. The molecule has 100 valence electrons. The van der Waals surface area contributed by atoms with E-state index in [0.29, 0.717) is 17.9 Å². The van der Waals surface area contributed by atoms with Gasteiger partial charge in [-0.15, -0.1) is 0 Å². The van der Waals surface area contributed by atoms with Crippen LogP contribution in [-0.4, -0.2) is 18.2 Å². The first kappa shape index (κ1) is 14.8. The minimum Gasteiger partial charge on any atom is -0.508 e. The van der Waals surface area contributed by atoms with E-state index in [0.717, 1.165) is 12.0 Å². The van der Waals surface area contributed by atoms with E-state index >= 15 is 0 Å². The summed E-state index contributed by atoms with van der Waals surface area (Å²) >= 11 is 5.94. The monoisotopic (exact) mass is 270 g/mol. The number of hydrogen-bond acceptors (Lipinski definition) is 3. The van der Waals surface area contributed by atoms with Gasteiger partial charge < -0.3 is 9.84 Å². The van der Waals surface area contributed by atoms with Crippen LogP contribution in [-0.2, 0) is 14.9 Å². The zero-order valence-electron chi connectivity index (χ0n) is 11.0. The summed E-state index contributed by atoms with van der Waals surface area (Å²) in [5, 5.41) is 10.5. The van der Waals surface area contributed by atoms with Crippen LogP contribution in [0.25, 0.3) is 0 Å². The van der Waals surface area contributed by atoms with Crippen LogP contribution in [0, 0.1) is 0 Å². The normalized spacial score (nSPS) is 11.3. The van der Waals surface area contributed by atoms with Crippen LogP contribution in [0.5, 0.6) is 5.75 Å². The Bertz CT molecular complexity index is 427. The molecule has 0 amide bonds. The Labute approximate surface area is 113 Å². The Hall–Kier alpha value is -1.22. The van der Waals surface area contributed by atoms with Crippen molar-refractivity contribution in [2.24, 2.45) is 0 Å². The lowest BCUT2D eigenvalue weighted by molar-refractivity contribution is -0.140. The highest BCUT2D eigenvalue weighted by Crippen LogP contribution is 2.36. The van der Waals surface area contributed by atoms with E-state index < -0.39 is 0 Å². The van der Waals surface area contributed by atoms with Crippen LogP contribution in [0.1, 0.15) is 38.7 Å². The number of carbonyl (C=O) groups is 1. The fraction of sp³-hybridized carbons (Fsp3) is 0.500. The molecule has 0 atom stereocenters. The zero-order valence-corrected chi connectivity index (χ0v) is 11.8. The molecule has 0 aliphatic rings. The largest absolute Gasteiger partial charge is 0.508 e. The van der Waals surface area contributed by atoms with Crippen LogP contribution in [0.2, 0.25) is 5.02 Å². The molecule has 0 fully saturated rings. The molecule has 0 unspecified atom stereocenters. The summed E-state index contributed by atoms with van der Waals surface area (Å²) in [7, 11) is 1.39. The average Bonchev–Trinajstić information content (AvgIpc) is 2.31. The lowest BCUT2D eigenvalue weighted by atomic mass is 9.79. The number of carbonyl (C=O) groups excluding carboxylic acids is 1. The van der Waals surface area contributed by atoms with E-state index in [2.05, 4.69) is 4.74 Å². The summed E-state index contributed by atoms with van der Waals surface area (Å²) in [6, 6.07) is 5.03. The number of phenols is 1. The van der Waals surface area contributed by atoms with Gasteiger partial charge in [-0.3, -0.25) is 4.79 Å². The predicted molar refractivity (Wildman–Crippen MR) is 72.0 cm³/mol. The number of aromatic hydroxyl groups is 1. The Balaban J connectivity index is 2.73. The molecule has 0 aliphatic heterocycles. The zero-order chi connectivity index (χ0) is 13.8. The number of hydrogen-bond donors (Lipinski definition) is 1. The van der Waals surface area contributed by atoms with Gasteiger partial charge in [-0.05, 0) is 36.5 Å². The maximum absolute atomic E-state index is 11.1. The predicted octanol–water partition coefficient (Wildman–Crippen LogP) is 3.67. The molecule has 0 radical (unpaired) electrons. The van der Waals surface area contributed by atoms with Crippen LogP contribution in [0.4, 0.5) is 0 Å². The van der Waals surface area contributed by atoms with Gasteiger partial charge in [0.1, 0.15) is 5.75 Å². The van der Waals surface area contributed by atoms with Gasteiger partial charge in [-0.25, -0.2) is 0 Å². The second-order valence-corrected chi connectivity index (χ2v) is 5.41. The summed E-state index contributed by atoms with van der Waals surface area (Å²) in [5.41, 5.74) is 0.572. The standard InChI is InChI=1S/C14H19ClO3/c1-14(2,8-4-5-13(17)18-3)11-9-10(15)6-7-12(11)16/h6-7,9,16H,4-5,8H2,1-3H3. The van der Waals surface area contributed by atoms with Gasteiger partial charge >= 0.3 is 5.97 Å². The van der Waals surface area contributed by atoms with Crippen molar-refractivity contribution in [2.75, 3.05) is 7.11 Å². The minimum atomic E-state index is -0.233. The topological polar surface area (TPSA) is 46.5 Å². The van der Waals surface area contributed by atoms with Crippen LogP contribution >= 0.6 is 11.6 Å². The summed E-state index contributed by atoms with van der Waals surface area (Å²) in [5.74, 6) is 0.0311. The number of esters is 1. The van der Waals surface area contributed by atoms with Crippen molar-refractivity contribution in [3.63, 3.8) is 0 Å². The van der Waals surface area contributed by atoms with E-state index in [1.54, 1.807) is 18.2 Å². The van der Waals surface area contributed by atoms with Gasteiger partial charge in [-0.1, -0.05) is 25.4 Å². The fourth-order valence-corrected chi connectivity index (χ4v) is 2.13. The van der Waals surface area contributed by atoms with E-state index in [1.807, 2.05) is 13.8 Å². The van der Waals surface area contributed by atoms with Gasteiger partial charge in [-0.2, -0.15) is 0 Å². The number of benzene rings is 1. The lowest BCUT2D eigenvalue weighted by Gasteiger charge is -2.26. The van der Waals surface area contributed by atoms with Gasteiger partial charge in [0, 0.05) is 17.0 Å². The van der Waals surface area contributed by atoms with Crippen molar-refractivity contribution in [1.82, 2.24) is 0 Å². The molecular formula is C14H19ClO3. The minimum absolute atomic E-state index is 0.207. The maximum atomic E-state index is 11.1. The maximum Gasteiger partial charge on any atom is 0.305 e. The fourth-order valence-electron chi connectivity index (χ4n) is 1.96. The Kier molecular flexibility index (Phi) is 5.03. The first-order chi connectivity index (χ1) is 8.36. The van der Waals surface area contributed by atoms with E-state index in [-0.39, 0.29) is 17.1 Å². The molecule has 1 aromatic rings. The summed E-state index contributed by atoms with van der Waals surface area (Å²) in [6.45, 7) is 4.05. The third-order valence-electron chi connectivity index (χ3n) is 3.10. The number of ether oxygens (including phenoxy) is 1. The molecule has 0 heterocycles. The van der Waals surface area contributed by atoms with Gasteiger partial charge in [0.15, 0.2) is 0 Å². The molecule has 0 spiro atoms. The first-order valence-electron chi connectivity index (χ1n) is 5.92. The molecule has 1 rings (SSSR count). The Morgan fingerprint density at radius 2 is 2.11 bits per heavy atom. The van der Waals surface area contributed by atoms with Gasteiger partial charge in [0.2, 0.25) is 0 Å². The first-order valence-corrected chi connectivity index (χ1v) is 6.30. The molecule has 0 aromatic heterocycles. The second kappa shape index (κ2) is 6.10. The van der Waals surface area contributed by atoms with Gasteiger partial charge in [0.25, 0.3) is 0 Å². The van der Waals surface area contributed by atoms with Gasteiger partial charge in [0.05, 0.1) is 7.11 Å². The quantitative estimate of drug-likeness (QED) is 0.831. The van der Waals surface area contributed by atoms with E-state index in [1.165, 1.54) is 7.11 Å². The number of methoxy groups -OCH3 is 1. The number of rotatable bonds is 5. The molecule has 0 aliphatic carbocycles. The molecule has 18 heavy (non-hydrogen) atoms.